The smallest absolute Gasteiger partial charge is 0.308 e. The molecule has 0 saturated carbocycles. The van der Waals surface area contributed by atoms with Crippen molar-refractivity contribution in [3.05, 3.63) is 77.5 Å². The lowest BCUT2D eigenvalue weighted by Gasteiger charge is -2.19. The summed E-state index contributed by atoms with van der Waals surface area (Å²) in [7, 11) is 0. The van der Waals surface area contributed by atoms with E-state index in [0.29, 0.717) is 35.1 Å². The van der Waals surface area contributed by atoms with Crippen molar-refractivity contribution in [2.45, 2.75) is 26.2 Å². The fraction of sp³-hybridized carbons (Fsp3) is 0.250. The fourth-order valence-corrected chi connectivity index (χ4v) is 3.56. The standard InChI is InChI=1S/C24H23FN4O3/c1-16(30)32-21-15-26-22(28-23(21)29-12-2-3-13-29)14-17-4-10-20(11-5-17)27-24(31)18-6-8-19(25)9-7-18/h4-11,15H,2-3,12-14H2,1H3,(H,27,31). The van der Waals surface area contributed by atoms with Gasteiger partial charge in [0.2, 0.25) is 0 Å². The molecule has 3 aromatic rings. The largest absolute Gasteiger partial charge is 0.421 e. The molecule has 0 radical (unpaired) electrons. The van der Waals surface area contributed by atoms with Crippen LogP contribution in [0.15, 0.2) is 54.7 Å². The third kappa shape index (κ3) is 5.26. The highest BCUT2D eigenvalue weighted by atomic mass is 19.1. The summed E-state index contributed by atoms with van der Waals surface area (Å²) in [5, 5.41) is 2.79. The van der Waals surface area contributed by atoms with Crippen molar-refractivity contribution in [1.29, 1.82) is 0 Å². The quantitative estimate of drug-likeness (QED) is 0.591. The number of aromatic nitrogens is 2. The Morgan fingerprint density at radius 1 is 1.06 bits per heavy atom. The third-order valence-corrected chi connectivity index (χ3v) is 5.13. The van der Waals surface area contributed by atoms with E-state index in [1.165, 1.54) is 31.2 Å². The van der Waals surface area contributed by atoms with Gasteiger partial charge in [0.05, 0.1) is 6.20 Å². The number of rotatable bonds is 6. The molecule has 0 spiro atoms. The molecule has 164 valence electrons. The van der Waals surface area contributed by atoms with Crippen LogP contribution in [0.2, 0.25) is 0 Å². The van der Waals surface area contributed by atoms with E-state index in [0.717, 1.165) is 31.5 Å². The van der Waals surface area contributed by atoms with Crippen LogP contribution in [-0.2, 0) is 11.2 Å². The molecule has 0 atom stereocenters. The van der Waals surface area contributed by atoms with Crippen molar-refractivity contribution in [3.8, 4) is 5.75 Å². The van der Waals surface area contributed by atoms with E-state index in [4.69, 9.17) is 4.74 Å². The average molecular weight is 434 g/mol. The predicted octanol–water partition coefficient (Wildman–Crippen LogP) is 3.98. The highest BCUT2D eigenvalue weighted by Gasteiger charge is 2.20. The minimum Gasteiger partial charge on any atom is -0.421 e. The first-order valence-corrected chi connectivity index (χ1v) is 10.4. The molecule has 2 heterocycles. The average Bonchev–Trinajstić information content (AvgIpc) is 3.31. The van der Waals surface area contributed by atoms with Crippen LogP contribution in [0.4, 0.5) is 15.9 Å². The van der Waals surface area contributed by atoms with Gasteiger partial charge in [-0.3, -0.25) is 9.59 Å². The summed E-state index contributed by atoms with van der Waals surface area (Å²) < 4.78 is 18.3. The Kier molecular flexibility index (Phi) is 6.39. The first-order chi connectivity index (χ1) is 15.5. The molecule has 1 N–H and O–H groups in total. The van der Waals surface area contributed by atoms with Crippen LogP contribution in [0, 0.1) is 5.82 Å². The molecule has 0 bridgehead atoms. The summed E-state index contributed by atoms with van der Waals surface area (Å²) in [6.07, 6.45) is 4.19. The third-order valence-electron chi connectivity index (χ3n) is 5.13. The zero-order valence-electron chi connectivity index (χ0n) is 17.7. The van der Waals surface area contributed by atoms with Gasteiger partial charge in [0, 0.05) is 37.7 Å². The van der Waals surface area contributed by atoms with Gasteiger partial charge in [-0.25, -0.2) is 14.4 Å². The Morgan fingerprint density at radius 3 is 2.41 bits per heavy atom. The van der Waals surface area contributed by atoms with Crippen molar-refractivity contribution in [2.75, 3.05) is 23.3 Å². The SMILES string of the molecule is CC(=O)Oc1cnc(Cc2ccc(NC(=O)c3ccc(F)cc3)cc2)nc1N1CCCC1. The molecule has 2 aromatic carbocycles. The lowest BCUT2D eigenvalue weighted by Crippen LogP contribution is -2.21. The van der Waals surface area contributed by atoms with E-state index in [-0.39, 0.29) is 11.7 Å². The Bertz CT molecular complexity index is 1110. The van der Waals surface area contributed by atoms with Crippen molar-refractivity contribution in [3.63, 3.8) is 0 Å². The Hall–Kier alpha value is -3.81. The molecule has 7 nitrogen and oxygen atoms in total. The van der Waals surface area contributed by atoms with Crippen LogP contribution in [0.1, 0.15) is 41.5 Å². The van der Waals surface area contributed by atoms with E-state index < -0.39 is 5.97 Å². The van der Waals surface area contributed by atoms with Gasteiger partial charge in [0.15, 0.2) is 11.6 Å². The number of esters is 1. The van der Waals surface area contributed by atoms with Gasteiger partial charge < -0.3 is 15.0 Å². The van der Waals surface area contributed by atoms with Gasteiger partial charge in [0.1, 0.15) is 11.6 Å². The molecule has 32 heavy (non-hydrogen) atoms. The van der Waals surface area contributed by atoms with Crippen LogP contribution in [0.3, 0.4) is 0 Å². The zero-order chi connectivity index (χ0) is 22.5. The number of nitrogens with zero attached hydrogens (tertiary/aromatic N) is 3. The molecule has 1 aliphatic heterocycles. The maximum absolute atomic E-state index is 13.0. The lowest BCUT2D eigenvalue weighted by molar-refractivity contribution is -0.131. The second kappa shape index (κ2) is 9.55. The number of benzene rings is 2. The van der Waals surface area contributed by atoms with Gasteiger partial charge in [0.25, 0.3) is 5.91 Å². The second-order valence-electron chi connectivity index (χ2n) is 7.60. The Balaban J connectivity index is 1.45. The molecule has 1 aliphatic rings. The highest BCUT2D eigenvalue weighted by Crippen LogP contribution is 2.29. The van der Waals surface area contributed by atoms with Gasteiger partial charge in [-0.05, 0) is 54.8 Å². The van der Waals surface area contributed by atoms with E-state index in [1.807, 2.05) is 12.1 Å². The van der Waals surface area contributed by atoms with Gasteiger partial charge in [-0.2, -0.15) is 0 Å². The summed E-state index contributed by atoms with van der Waals surface area (Å²) >= 11 is 0. The van der Waals surface area contributed by atoms with Gasteiger partial charge >= 0.3 is 5.97 Å². The van der Waals surface area contributed by atoms with E-state index in [2.05, 4.69) is 20.2 Å². The molecule has 1 saturated heterocycles. The Morgan fingerprint density at radius 2 is 1.75 bits per heavy atom. The summed E-state index contributed by atoms with van der Waals surface area (Å²) in [6.45, 7) is 3.10. The van der Waals surface area contributed by atoms with Gasteiger partial charge in [-0.15, -0.1) is 0 Å². The number of carbonyl (C=O) groups excluding carboxylic acids is 2. The normalized spacial score (nSPS) is 13.1. The first kappa shape index (κ1) is 21.4. The van der Waals surface area contributed by atoms with Crippen molar-refractivity contribution in [1.82, 2.24) is 9.97 Å². The molecular weight excluding hydrogens is 411 g/mol. The maximum Gasteiger partial charge on any atom is 0.308 e. The van der Waals surface area contributed by atoms with E-state index >= 15 is 0 Å². The summed E-state index contributed by atoms with van der Waals surface area (Å²) in [5.74, 6) is 0.540. The summed E-state index contributed by atoms with van der Waals surface area (Å²) in [5.41, 5.74) is 1.98. The van der Waals surface area contributed by atoms with Crippen LogP contribution in [0.25, 0.3) is 0 Å². The number of halogens is 1. The van der Waals surface area contributed by atoms with Crippen LogP contribution in [-0.4, -0.2) is 34.9 Å². The molecule has 0 aliphatic carbocycles. The zero-order valence-corrected chi connectivity index (χ0v) is 17.7. The number of hydrogen-bond donors (Lipinski definition) is 1. The van der Waals surface area contributed by atoms with Crippen LogP contribution >= 0.6 is 0 Å². The number of ether oxygens (including phenoxy) is 1. The van der Waals surface area contributed by atoms with E-state index in [9.17, 15) is 14.0 Å². The molecule has 1 amide bonds. The number of anilines is 2. The van der Waals surface area contributed by atoms with E-state index in [1.54, 1.807) is 18.3 Å². The van der Waals surface area contributed by atoms with Gasteiger partial charge in [-0.1, -0.05) is 12.1 Å². The minimum absolute atomic E-state index is 0.308. The summed E-state index contributed by atoms with van der Waals surface area (Å²) in [4.78, 5) is 34.8. The summed E-state index contributed by atoms with van der Waals surface area (Å²) in [6, 6.07) is 12.7. The molecular formula is C24H23FN4O3. The first-order valence-electron chi connectivity index (χ1n) is 10.4. The predicted molar refractivity (Wildman–Crippen MR) is 118 cm³/mol. The van der Waals surface area contributed by atoms with Crippen molar-refractivity contribution >= 4 is 23.4 Å². The Labute approximate surface area is 185 Å². The molecule has 0 unspecified atom stereocenters. The van der Waals surface area contributed by atoms with Crippen LogP contribution < -0.4 is 15.0 Å². The molecule has 1 fully saturated rings. The number of hydrogen-bond acceptors (Lipinski definition) is 6. The topological polar surface area (TPSA) is 84.4 Å². The fourth-order valence-electron chi connectivity index (χ4n) is 3.56. The van der Waals surface area contributed by atoms with Crippen LogP contribution in [0.5, 0.6) is 5.75 Å². The maximum atomic E-state index is 13.0. The molecule has 8 heteroatoms. The monoisotopic (exact) mass is 434 g/mol. The molecule has 1 aromatic heterocycles. The van der Waals surface area contributed by atoms with Crippen molar-refractivity contribution < 1.29 is 18.7 Å². The minimum atomic E-state index is -0.403. The number of nitrogens with one attached hydrogen (secondary N) is 1. The number of amides is 1. The lowest BCUT2D eigenvalue weighted by atomic mass is 10.1. The highest BCUT2D eigenvalue weighted by molar-refractivity contribution is 6.04. The second-order valence-corrected chi connectivity index (χ2v) is 7.60. The van der Waals surface area contributed by atoms with Crippen molar-refractivity contribution in [2.24, 2.45) is 0 Å². The number of carbonyl (C=O) groups is 2. The molecule has 4 rings (SSSR count).